The van der Waals surface area contributed by atoms with Gasteiger partial charge in [-0.3, -0.25) is 4.99 Å². The van der Waals surface area contributed by atoms with Gasteiger partial charge in [0.15, 0.2) is 0 Å². The standard InChI is InChI=1S/C24H17Br2NO/c25-19-8-3-5-16(13-19)15-27-24(18-7-4-9-20(26)14-18)23-21-10-2-1-6-17(21)11-12-22(23)28/h1-15,24,28H. The Morgan fingerprint density at radius 3 is 2.32 bits per heavy atom. The minimum absolute atomic E-state index is 0.245. The van der Waals surface area contributed by atoms with Crippen LogP contribution in [0.4, 0.5) is 0 Å². The van der Waals surface area contributed by atoms with Crippen LogP contribution in [0.1, 0.15) is 22.7 Å². The predicted octanol–water partition coefficient (Wildman–Crippen LogP) is 7.28. The summed E-state index contributed by atoms with van der Waals surface area (Å²) in [6.45, 7) is 0. The van der Waals surface area contributed by atoms with Crippen molar-refractivity contribution in [3.63, 3.8) is 0 Å². The smallest absolute Gasteiger partial charge is 0.121 e. The van der Waals surface area contributed by atoms with Crippen LogP contribution in [-0.2, 0) is 0 Å². The van der Waals surface area contributed by atoms with E-state index in [2.05, 4.69) is 31.9 Å². The van der Waals surface area contributed by atoms with Gasteiger partial charge < -0.3 is 5.11 Å². The SMILES string of the molecule is Oc1ccc2ccccc2c1C(N=Cc1cccc(Br)c1)c1cccc(Br)c1. The molecule has 28 heavy (non-hydrogen) atoms. The normalized spacial score (nSPS) is 12.5. The van der Waals surface area contributed by atoms with Crippen LogP contribution in [0.3, 0.4) is 0 Å². The lowest BCUT2D eigenvalue weighted by Crippen LogP contribution is -2.01. The first-order valence-corrected chi connectivity index (χ1v) is 10.5. The molecule has 1 atom stereocenters. The Labute approximate surface area is 180 Å². The van der Waals surface area contributed by atoms with E-state index in [1.807, 2.05) is 85.1 Å². The van der Waals surface area contributed by atoms with Crippen LogP contribution >= 0.6 is 31.9 Å². The first-order chi connectivity index (χ1) is 13.6. The Morgan fingerprint density at radius 1 is 0.786 bits per heavy atom. The van der Waals surface area contributed by atoms with Gasteiger partial charge in [0, 0.05) is 20.7 Å². The van der Waals surface area contributed by atoms with Crippen LogP contribution in [0, 0.1) is 0 Å². The van der Waals surface area contributed by atoms with E-state index in [4.69, 9.17) is 4.99 Å². The Hall–Kier alpha value is -2.43. The van der Waals surface area contributed by atoms with E-state index in [1.54, 1.807) is 6.07 Å². The third-order valence-electron chi connectivity index (χ3n) is 4.61. The molecule has 1 unspecified atom stereocenters. The van der Waals surface area contributed by atoms with E-state index in [-0.39, 0.29) is 11.8 Å². The second-order valence-corrected chi connectivity index (χ2v) is 8.34. The zero-order chi connectivity index (χ0) is 19.5. The summed E-state index contributed by atoms with van der Waals surface area (Å²) in [5.41, 5.74) is 2.81. The Balaban J connectivity index is 1.90. The lowest BCUT2D eigenvalue weighted by molar-refractivity contribution is 0.467. The molecule has 4 aromatic rings. The van der Waals surface area contributed by atoms with Gasteiger partial charge in [-0.15, -0.1) is 0 Å². The molecule has 0 aromatic heterocycles. The zero-order valence-corrected chi connectivity index (χ0v) is 18.1. The number of halogens is 2. The Kier molecular flexibility index (Phi) is 5.60. The zero-order valence-electron chi connectivity index (χ0n) is 14.9. The van der Waals surface area contributed by atoms with Crippen molar-refractivity contribution >= 4 is 48.8 Å². The monoisotopic (exact) mass is 493 g/mol. The molecule has 0 spiro atoms. The summed E-state index contributed by atoms with van der Waals surface area (Å²) in [7, 11) is 0. The van der Waals surface area contributed by atoms with Gasteiger partial charge in [0.1, 0.15) is 11.8 Å². The second kappa shape index (κ2) is 8.29. The average molecular weight is 495 g/mol. The molecule has 1 N–H and O–H groups in total. The van der Waals surface area contributed by atoms with E-state index in [9.17, 15) is 5.11 Å². The fraction of sp³-hybridized carbons (Fsp3) is 0.0417. The highest BCUT2D eigenvalue weighted by atomic mass is 79.9. The number of hydrogen-bond acceptors (Lipinski definition) is 2. The molecule has 0 radical (unpaired) electrons. The summed E-state index contributed by atoms with van der Waals surface area (Å²) in [5.74, 6) is 0.245. The van der Waals surface area contributed by atoms with Crippen LogP contribution in [0.15, 0.2) is 98.9 Å². The van der Waals surface area contributed by atoms with Gasteiger partial charge in [0.05, 0.1) is 0 Å². The molecule has 0 aliphatic heterocycles. The maximum atomic E-state index is 10.8. The second-order valence-electron chi connectivity index (χ2n) is 6.51. The number of phenols is 1. The molecule has 0 bridgehead atoms. The molecule has 138 valence electrons. The molecule has 0 heterocycles. The Morgan fingerprint density at radius 2 is 1.54 bits per heavy atom. The fourth-order valence-corrected chi connectivity index (χ4v) is 4.16. The summed E-state index contributed by atoms with van der Waals surface area (Å²) < 4.78 is 1.98. The highest BCUT2D eigenvalue weighted by Crippen LogP contribution is 2.38. The third-order valence-corrected chi connectivity index (χ3v) is 5.59. The van der Waals surface area contributed by atoms with Gasteiger partial charge in [0.2, 0.25) is 0 Å². The van der Waals surface area contributed by atoms with Crippen LogP contribution < -0.4 is 0 Å². The topological polar surface area (TPSA) is 32.6 Å². The van der Waals surface area contributed by atoms with Gasteiger partial charge in [0.25, 0.3) is 0 Å². The van der Waals surface area contributed by atoms with E-state index < -0.39 is 0 Å². The molecule has 4 heteroatoms. The van der Waals surface area contributed by atoms with Gasteiger partial charge in [-0.25, -0.2) is 0 Å². The summed E-state index contributed by atoms with van der Waals surface area (Å²) in [6.07, 6.45) is 1.86. The fourth-order valence-electron chi connectivity index (χ4n) is 3.32. The molecule has 0 aliphatic carbocycles. The summed E-state index contributed by atoms with van der Waals surface area (Å²) in [6, 6.07) is 27.5. The maximum absolute atomic E-state index is 10.8. The minimum Gasteiger partial charge on any atom is -0.508 e. The average Bonchev–Trinajstić information content (AvgIpc) is 2.70. The maximum Gasteiger partial charge on any atom is 0.121 e. The van der Waals surface area contributed by atoms with Crippen LogP contribution in [0.2, 0.25) is 0 Å². The highest BCUT2D eigenvalue weighted by molar-refractivity contribution is 9.10. The summed E-state index contributed by atoms with van der Waals surface area (Å²) in [5, 5.41) is 12.8. The van der Waals surface area contributed by atoms with Crippen LogP contribution in [0.5, 0.6) is 5.75 Å². The molecule has 0 amide bonds. The number of fused-ring (bicyclic) bond motifs is 1. The summed E-state index contributed by atoms with van der Waals surface area (Å²) >= 11 is 7.06. The van der Waals surface area contributed by atoms with Crippen LogP contribution in [-0.4, -0.2) is 11.3 Å². The molecule has 4 aromatic carbocycles. The number of benzene rings is 4. The molecule has 4 rings (SSSR count). The molecular weight excluding hydrogens is 478 g/mol. The van der Waals surface area contributed by atoms with Crippen LogP contribution in [0.25, 0.3) is 10.8 Å². The van der Waals surface area contributed by atoms with Gasteiger partial charge in [-0.2, -0.15) is 0 Å². The van der Waals surface area contributed by atoms with E-state index in [0.29, 0.717) is 0 Å². The largest absolute Gasteiger partial charge is 0.508 e. The molecule has 0 saturated heterocycles. The lowest BCUT2D eigenvalue weighted by atomic mass is 9.93. The van der Waals surface area contributed by atoms with Crippen molar-refractivity contribution in [2.75, 3.05) is 0 Å². The third kappa shape index (κ3) is 4.03. The number of aliphatic imine (C=N–C) groups is 1. The molecular formula is C24H17Br2NO. The molecule has 0 fully saturated rings. The highest BCUT2D eigenvalue weighted by Gasteiger charge is 2.19. The first-order valence-electron chi connectivity index (χ1n) is 8.86. The van der Waals surface area contributed by atoms with Gasteiger partial charge >= 0.3 is 0 Å². The van der Waals surface area contributed by atoms with E-state index >= 15 is 0 Å². The predicted molar refractivity (Wildman–Crippen MR) is 123 cm³/mol. The van der Waals surface area contributed by atoms with Crippen molar-refractivity contribution in [1.82, 2.24) is 0 Å². The molecule has 0 saturated carbocycles. The van der Waals surface area contributed by atoms with Crippen molar-refractivity contribution in [2.24, 2.45) is 4.99 Å². The number of aromatic hydroxyl groups is 1. The summed E-state index contributed by atoms with van der Waals surface area (Å²) in [4.78, 5) is 4.90. The van der Waals surface area contributed by atoms with Crippen molar-refractivity contribution < 1.29 is 5.11 Å². The van der Waals surface area contributed by atoms with Gasteiger partial charge in [-0.1, -0.05) is 86.5 Å². The first kappa shape index (κ1) is 18.9. The number of rotatable bonds is 4. The minimum atomic E-state index is -0.331. The van der Waals surface area contributed by atoms with Crippen molar-refractivity contribution in [3.05, 3.63) is 111 Å². The Bertz CT molecular complexity index is 1170. The van der Waals surface area contributed by atoms with Gasteiger partial charge in [-0.05, 0) is 52.2 Å². The van der Waals surface area contributed by atoms with Crippen molar-refractivity contribution in [2.45, 2.75) is 6.04 Å². The van der Waals surface area contributed by atoms with Crippen molar-refractivity contribution in [1.29, 1.82) is 0 Å². The lowest BCUT2D eigenvalue weighted by Gasteiger charge is -2.18. The number of phenolic OH excluding ortho intramolecular Hbond substituents is 1. The number of nitrogens with zero attached hydrogens (tertiary/aromatic N) is 1. The molecule has 0 aliphatic rings. The quantitative estimate of drug-likeness (QED) is 0.297. The van der Waals surface area contributed by atoms with Crippen molar-refractivity contribution in [3.8, 4) is 5.75 Å². The molecule has 2 nitrogen and oxygen atoms in total. The van der Waals surface area contributed by atoms with E-state index in [0.717, 1.165) is 36.4 Å². The number of hydrogen-bond donors (Lipinski definition) is 1. The van der Waals surface area contributed by atoms with E-state index in [1.165, 1.54) is 0 Å².